The molecular formula is C5H12N3O3P. The van der Waals surface area contributed by atoms with E-state index in [1.54, 1.807) is 13.8 Å². The third-order valence-corrected chi connectivity index (χ3v) is 3.09. The molecule has 0 bridgehead atoms. The van der Waals surface area contributed by atoms with Crippen LogP contribution < -0.4 is 0 Å². The first kappa shape index (κ1) is 11.5. The standard InChI is InChI=1S/C5H12N3O3P/c1-3-5(7-8-6)12(9,10)11-4-2/h5H,3-4H2,1-2H3,(H,9,10). The van der Waals surface area contributed by atoms with E-state index in [9.17, 15) is 9.46 Å². The molecule has 0 aromatic carbocycles. The molecule has 0 aliphatic carbocycles. The van der Waals surface area contributed by atoms with Crippen LogP contribution in [0.2, 0.25) is 0 Å². The van der Waals surface area contributed by atoms with E-state index in [-0.39, 0.29) is 13.0 Å². The van der Waals surface area contributed by atoms with Crippen LogP contribution in [0.5, 0.6) is 0 Å². The van der Waals surface area contributed by atoms with Crippen molar-refractivity contribution in [3.05, 3.63) is 10.4 Å². The molecule has 12 heavy (non-hydrogen) atoms. The van der Waals surface area contributed by atoms with E-state index in [2.05, 4.69) is 14.5 Å². The summed E-state index contributed by atoms with van der Waals surface area (Å²) in [6.45, 7) is 3.39. The van der Waals surface area contributed by atoms with E-state index in [1.165, 1.54) is 0 Å². The van der Waals surface area contributed by atoms with Crippen molar-refractivity contribution in [1.29, 1.82) is 0 Å². The van der Waals surface area contributed by atoms with Crippen molar-refractivity contribution in [2.24, 2.45) is 5.11 Å². The molecule has 2 unspecified atom stereocenters. The number of nitrogens with zero attached hydrogens (tertiary/aromatic N) is 3. The fraction of sp³-hybridized carbons (Fsp3) is 1.00. The van der Waals surface area contributed by atoms with Gasteiger partial charge >= 0.3 is 7.60 Å². The molecule has 0 heterocycles. The first-order valence-corrected chi connectivity index (χ1v) is 5.24. The Morgan fingerprint density at radius 1 is 1.75 bits per heavy atom. The zero-order chi connectivity index (χ0) is 9.61. The van der Waals surface area contributed by atoms with Crippen molar-refractivity contribution in [3.63, 3.8) is 0 Å². The van der Waals surface area contributed by atoms with Gasteiger partial charge in [0.05, 0.1) is 6.61 Å². The van der Waals surface area contributed by atoms with Gasteiger partial charge in [-0.15, -0.1) is 0 Å². The third kappa shape index (κ3) is 3.24. The largest absolute Gasteiger partial charge is 0.337 e. The van der Waals surface area contributed by atoms with Crippen LogP contribution in [0.4, 0.5) is 0 Å². The predicted molar refractivity (Wildman–Crippen MR) is 44.7 cm³/mol. The van der Waals surface area contributed by atoms with Gasteiger partial charge in [-0.3, -0.25) is 4.57 Å². The van der Waals surface area contributed by atoms with Crippen molar-refractivity contribution in [3.8, 4) is 0 Å². The highest BCUT2D eigenvalue weighted by Gasteiger charge is 2.29. The molecule has 2 atom stereocenters. The normalized spacial score (nSPS) is 17.6. The van der Waals surface area contributed by atoms with Gasteiger partial charge in [-0.2, -0.15) is 0 Å². The summed E-state index contributed by atoms with van der Waals surface area (Å²) in [6.07, 6.45) is 0.290. The summed E-state index contributed by atoms with van der Waals surface area (Å²) in [5, 5.41) is 3.18. The molecule has 0 spiro atoms. The van der Waals surface area contributed by atoms with Crippen LogP contribution in [0, 0.1) is 0 Å². The van der Waals surface area contributed by atoms with Crippen LogP contribution in [0.15, 0.2) is 5.11 Å². The maximum atomic E-state index is 11.2. The smallest absolute Gasteiger partial charge is 0.324 e. The summed E-state index contributed by atoms with van der Waals surface area (Å²) in [7, 11) is -3.74. The fourth-order valence-corrected chi connectivity index (χ4v) is 1.89. The van der Waals surface area contributed by atoms with Gasteiger partial charge in [-0.25, -0.2) is 0 Å². The van der Waals surface area contributed by atoms with Gasteiger partial charge in [0.25, 0.3) is 0 Å². The molecule has 0 radical (unpaired) electrons. The summed E-state index contributed by atoms with van der Waals surface area (Å²) < 4.78 is 15.8. The molecule has 0 saturated carbocycles. The van der Waals surface area contributed by atoms with Crippen molar-refractivity contribution >= 4 is 7.60 Å². The Morgan fingerprint density at radius 3 is 2.67 bits per heavy atom. The third-order valence-electron chi connectivity index (χ3n) is 1.24. The molecule has 1 N–H and O–H groups in total. The van der Waals surface area contributed by atoms with Crippen LogP contribution >= 0.6 is 7.60 Å². The zero-order valence-electron chi connectivity index (χ0n) is 7.04. The Labute approximate surface area is 70.7 Å². The lowest BCUT2D eigenvalue weighted by Gasteiger charge is -2.15. The highest BCUT2D eigenvalue weighted by Crippen LogP contribution is 2.49. The topological polar surface area (TPSA) is 95.3 Å². The number of hydrogen-bond donors (Lipinski definition) is 1. The van der Waals surface area contributed by atoms with Crippen LogP contribution in [-0.4, -0.2) is 17.3 Å². The monoisotopic (exact) mass is 193 g/mol. The van der Waals surface area contributed by atoms with Crippen molar-refractivity contribution < 1.29 is 14.0 Å². The predicted octanol–water partition coefficient (Wildman–Crippen LogP) is 2.25. The molecule has 0 aliphatic rings. The Morgan fingerprint density at radius 2 is 2.33 bits per heavy atom. The Balaban J connectivity index is 4.47. The molecule has 0 saturated heterocycles. The first-order valence-electron chi connectivity index (χ1n) is 3.59. The lowest BCUT2D eigenvalue weighted by molar-refractivity contribution is 0.263. The average Bonchev–Trinajstić information content (AvgIpc) is 1.99. The molecule has 0 amide bonds. The van der Waals surface area contributed by atoms with Gasteiger partial charge in [0.1, 0.15) is 5.78 Å². The first-order chi connectivity index (χ1) is 5.58. The highest BCUT2D eigenvalue weighted by atomic mass is 31.2. The minimum absolute atomic E-state index is 0.130. The number of hydrogen-bond acceptors (Lipinski definition) is 3. The van der Waals surface area contributed by atoms with E-state index in [4.69, 9.17) is 5.53 Å². The van der Waals surface area contributed by atoms with Crippen molar-refractivity contribution in [2.45, 2.75) is 26.1 Å². The van der Waals surface area contributed by atoms with Crippen LogP contribution in [0.1, 0.15) is 20.3 Å². The van der Waals surface area contributed by atoms with E-state index >= 15 is 0 Å². The molecule has 0 aromatic rings. The molecule has 0 rings (SSSR count). The summed E-state index contributed by atoms with van der Waals surface area (Å²) in [6, 6.07) is 0. The molecule has 6 nitrogen and oxygen atoms in total. The number of rotatable bonds is 5. The average molecular weight is 193 g/mol. The van der Waals surface area contributed by atoms with Gasteiger partial charge in [-0.05, 0) is 18.9 Å². The lowest BCUT2D eigenvalue weighted by Crippen LogP contribution is -2.05. The van der Waals surface area contributed by atoms with Crippen LogP contribution in [0.25, 0.3) is 10.4 Å². The molecular weight excluding hydrogens is 181 g/mol. The van der Waals surface area contributed by atoms with E-state index in [0.717, 1.165) is 0 Å². The van der Waals surface area contributed by atoms with Crippen molar-refractivity contribution in [1.82, 2.24) is 0 Å². The Bertz CT molecular complexity index is 226. The summed E-state index contributed by atoms with van der Waals surface area (Å²) in [5.74, 6) is -0.970. The van der Waals surface area contributed by atoms with E-state index in [0.29, 0.717) is 0 Å². The summed E-state index contributed by atoms with van der Waals surface area (Å²) in [5.41, 5.74) is 8.07. The quantitative estimate of drug-likeness (QED) is 0.314. The van der Waals surface area contributed by atoms with E-state index in [1.807, 2.05) is 0 Å². The Hall–Kier alpha value is -0.540. The SMILES string of the molecule is CCOP(=O)(O)C(CC)N=[N+]=[N-]. The molecule has 7 heteroatoms. The molecule has 70 valence electrons. The van der Waals surface area contributed by atoms with Gasteiger partial charge in [0, 0.05) is 4.91 Å². The van der Waals surface area contributed by atoms with Crippen LogP contribution in [0.3, 0.4) is 0 Å². The number of azide groups is 1. The minimum atomic E-state index is -3.74. The summed E-state index contributed by atoms with van der Waals surface area (Å²) in [4.78, 5) is 11.6. The maximum Gasteiger partial charge on any atom is 0.337 e. The van der Waals surface area contributed by atoms with Gasteiger partial charge in [0.2, 0.25) is 0 Å². The Kier molecular flexibility index (Phi) is 4.93. The second kappa shape index (κ2) is 5.17. The lowest BCUT2D eigenvalue weighted by atomic mass is 10.5. The second-order valence-corrected chi connectivity index (χ2v) is 4.06. The van der Waals surface area contributed by atoms with E-state index < -0.39 is 13.4 Å². The summed E-state index contributed by atoms with van der Waals surface area (Å²) >= 11 is 0. The molecule has 0 aliphatic heterocycles. The highest BCUT2D eigenvalue weighted by molar-refractivity contribution is 7.53. The molecule has 0 fully saturated rings. The second-order valence-electron chi connectivity index (χ2n) is 2.08. The fourth-order valence-electron chi connectivity index (χ4n) is 0.708. The van der Waals surface area contributed by atoms with Crippen LogP contribution in [-0.2, 0) is 9.09 Å². The molecule has 0 aromatic heterocycles. The van der Waals surface area contributed by atoms with Gasteiger partial charge in [-0.1, -0.05) is 12.0 Å². The zero-order valence-corrected chi connectivity index (χ0v) is 7.94. The van der Waals surface area contributed by atoms with Crippen molar-refractivity contribution in [2.75, 3.05) is 6.61 Å². The maximum absolute atomic E-state index is 11.2. The minimum Gasteiger partial charge on any atom is -0.324 e. The van der Waals surface area contributed by atoms with Gasteiger partial charge < -0.3 is 9.42 Å². The van der Waals surface area contributed by atoms with Gasteiger partial charge in [0.15, 0.2) is 0 Å².